The third-order valence-corrected chi connectivity index (χ3v) is 7.16. The van der Waals surface area contributed by atoms with E-state index >= 15 is 0 Å². The van der Waals surface area contributed by atoms with E-state index in [4.69, 9.17) is 32.7 Å². The molecular weight excluding hydrogens is 566 g/mol. The van der Waals surface area contributed by atoms with Gasteiger partial charge < -0.3 is 14.8 Å². The first-order valence-corrected chi connectivity index (χ1v) is 13.4. The lowest BCUT2D eigenvalue weighted by atomic mass is 10.1. The fourth-order valence-electron chi connectivity index (χ4n) is 3.64. The highest BCUT2D eigenvalue weighted by atomic mass is 35.5. The number of thioether (sulfide) groups is 1. The van der Waals surface area contributed by atoms with Crippen LogP contribution in [0.5, 0.6) is 11.5 Å². The van der Waals surface area contributed by atoms with E-state index in [-0.39, 0.29) is 34.6 Å². The summed E-state index contributed by atoms with van der Waals surface area (Å²) in [6, 6.07) is 13.9. The van der Waals surface area contributed by atoms with Gasteiger partial charge in [0.05, 0.1) is 23.1 Å². The van der Waals surface area contributed by atoms with Crippen LogP contribution in [0.25, 0.3) is 6.08 Å². The molecule has 11 heteroatoms. The van der Waals surface area contributed by atoms with E-state index < -0.39 is 22.9 Å². The molecule has 0 aliphatic carbocycles. The predicted octanol–water partition coefficient (Wildman–Crippen LogP) is 7.09. The standard InChI is InChI=1S/C28H23Cl2FN2O5S/c1-3-37-23-11-18(12-24-27(35)33(28(36)39-24)14-17-5-7-19(31)8-6-17)10-22(30)26(23)38-15-25(34)32-20-9-4-16(2)21(29)13-20/h4-13H,3,14-15H2,1-2H3,(H,32,34)/b24-12-. The van der Waals surface area contributed by atoms with Gasteiger partial charge in [-0.05, 0) is 84.8 Å². The van der Waals surface area contributed by atoms with E-state index in [0.29, 0.717) is 28.4 Å². The number of nitrogens with one attached hydrogen (secondary N) is 1. The molecule has 202 valence electrons. The van der Waals surface area contributed by atoms with E-state index in [1.807, 2.05) is 6.92 Å². The summed E-state index contributed by atoms with van der Waals surface area (Å²) in [4.78, 5) is 39.1. The lowest BCUT2D eigenvalue weighted by Crippen LogP contribution is -2.27. The molecule has 0 bridgehead atoms. The van der Waals surface area contributed by atoms with Crippen LogP contribution in [-0.2, 0) is 16.1 Å². The van der Waals surface area contributed by atoms with Crippen LogP contribution in [0, 0.1) is 12.7 Å². The number of ether oxygens (including phenoxy) is 2. The van der Waals surface area contributed by atoms with Gasteiger partial charge in [0.25, 0.3) is 17.1 Å². The fourth-order valence-corrected chi connectivity index (χ4v) is 4.93. The van der Waals surface area contributed by atoms with Crippen molar-refractivity contribution in [3.63, 3.8) is 0 Å². The van der Waals surface area contributed by atoms with Crippen molar-refractivity contribution in [3.05, 3.63) is 92.1 Å². The Morgan fingerprint density at radius 2 is 1.79 bits per heavy atom. The summed E-state index contributed by atoms with van der Waals surface area (Å²) in [6.07, 6.45) is 1.53. The SMILES string of the molecule is CCOc1cc(/C=C2\SC(=O)N(Cc3ccc(F)cc3)C2=O)cc(Cl)c1OCC(=O)Nc1ccc(C)c(Cl)c1. The molecule has 0 spiro atoms. The first-order valence-electron chi connectivity index (χ1n) is 11.8. The zero-order valence-corrected chi connectivity index (χ0v) is 23.3. The Morgan fingerprint density at radius 3 is 2.49 bits per heavy atom. The molecule has 1 aliphatic rings. The number of aryl methyl sites for hydroxylation is 1. The van der Waals surface area contributed by atoms with Gasteiger partial charge in [-0.1, -0.05) is 41.4 Å². The number of imide groups is 1. The summed E-state index contributed by atoms with van der Waals surface area (Å²) in [6.45, 7) is 3.61. The molecule has 7 nitrogen and oxygen atoms in total. The fraction of sp³-hybridized carbons (Fsp3) is 0.179. The summed E-state index contributed by atoms with van der Waals surface area (Å²) in [5.74, 6) is -0.868. The summed E-state index contributed by atoms with van der Waals surface area (Å²) < 4.78 is 24.5. The van der Waals surface area contributed by atoms with Gasteiger partial charge >= 0.3 is 0 Å². The van der Waals surface area contributed by atoms with Gasteiger partial charge in [-0.15, -0.1) is 0 Å². The van der Waals surface area contributed by atoms with E-state index in [9.17, 15) is 18.8 Å². The molecule has 0 unspecified atom stereocenters. The van der Waals surface area contributed by atoms with Crippen molar-refractivity contribution in [2.24, 2.45) is 0 Å². The van der Waals surface area contributed by atoms with Crippen molar-refractivity contribution in [1.82, 2.24) is 4.90 Å². The number of carbonyl (C=O) groups is 3. The summed E-state index contributed by atoms with van der Waals surface area (Å²) in [7, 11) is 0. The molecule has 0 aromatic heterocycles. The molecule has 39 heavy (non-hydrogen) atoms. The van der Waals surface area contributed by atoms with Crippen LogP contribution in [0.3, 0.4) is 0 Å². The number of hydrogen-bond acceptors (Lipinski definition) is 6. The van der Waals surface area contributed by atoms with Crippen LogP contribution < -0.4 is 14.8 Å². The van der Waals surface area contributed by atoms with Crippen LogP contribution in [0.15, 0.2) is 59.5 Å². The number of halogens is 3. The van der Waals surface area contributed by atoms with Crippen LogP contribution in [0.1, 0.15) is 23.6 Å². The van der Waals surface area contributed by atoms with Gasteiger partial charge in [-0.2, -0.15) is 0 Å². The molecule has 4 rings (SSSR count). The molecule has 3 aromatic carbocycles. The quantitative estimate of drug-likeness (QED) is 0.268. The topological polar surface area (TPSA) is 84.9 Å². The second-order valence-corrected chi connectivity index (χ2v) is 10.3. The number of nitrogens with zero attached hydrogens (tertiary/aromatic N) is 1. The molecule has 1 saturated heterocycles. The van der Waals surface area contributed by atoms with Crippen LogP contribution >= 0.6 is 35.0 Å². The molecule has 1 aliphatic heterocycles. The minimum atomic E-state index is -0.475. The van der Waals surface area contributed by atoms with Gasteiger partial charge in [0.2, 0.25) is 0 Å². The van der Waals surface area contributed by atoms with Crippen LogP contribution in [0.2, 0.25) is 10.0 Å². The number of benzene rings is 3. The number of carbonyl (C=O) groups excluding carboxylic acids is 3. The molecule has 1 N–H and O–H groups in total. The third kappa shape index (κ3) is 7.11. The van der Waals surface area contributed by atoms with Gasteiger partial charge in [0.1, 0.15) is 5.82 Å². The summed E-state index contributed by atoms with van der Waals surface area (Å²) in [5, 5.41) is 2.95. The van der Waals surface area contributed by atoms with Gasteiger partial charge in [-0.25, -0.2) is 4.39 Å². The molecule has 1 fully saturated rings. The van der Waals surface area contributed by atoms with E-state index in [0.717, 1.165) is 22.2 Å². The molecule has 0 saturated carbocycles. The Kier molecular flexibility index (Phi) is 9.16. The zero-order valence-electron chi connectivity index (χ0n) is 20.9. The number of rotatable bonds is 9. The lowest BCUT2D eigenvalue weighted by Gasteiger charge is -2.15. The average molecular weight is 589 g/mol. The normalized spacial score (nSPS) is 14.2. The van der Waals surface area contributed by atoms with Crippen molar-refractivity contribution >= 4 is 63.8 Å². The molecule has 3 aromatic rings. The largest absolute Gasteiger partial charge is 0.490 e. The minimum absolute atomic E-state index is 0.0247. The Bertz CT molecular complexity index is 1460. The summed E-state index contributed by atoms with van der Waals surface area (Å²) >= 11 is 13.4. The lowest BCUT2D eigenvalue weighted by molar-refractivity contribution is -0.123. The van der Waals surface area contributed by atoms with Crippen molar-refractivity contribution in [2.45, 2.75) is 20.4 Å². The number of anilines is 1. The number of hydrogen-bond donors (Lipinski definition) is 1. The van der Waals surface area contributed by atoms with Crippen LogP contribution in [-0.4, -0.2) is 35.2 Å². The maximum atomic E-state index is 13.2. The van der Waals surface area contributed by atoms with E-state index in [1.54, 1.807) is 37.3 Å². The van der Waals surface area contributed by atoms with Crippen molar-refractivity contribution in [2.75, 3.05) is 18.5 Å². The molecule has 1 heterocycles. The van der Waals surface area contributed by atoms with Gasteiger partial charge in [-0.3, -0.25) is 19.3 Å². The summed E-state index contributed by atoms with van der Waals surface area (Å²) in [5.41, 5.74) is 2.54. The first-order chi connectivity index (χ1) is 18.6. The Hall–Kier alpha value is -3.53. The van der Waals surface area contributed by atoms with Crippen molar-refractivity contribution < 1.29 is 28.2 Å². The highest BCUT2D eigenvalue weighted by molar-refractivity contribution is 8.18. The van der Waals surface area contributed by atoms with Crippen LogP contribution in [0.4, 0.5) is 14.9 Å². The molecule has 0 atom stereocenters. The maximum absolute atomic E-state index is 13.2. The van der Waals surface area contributed by atoms with E-state index in [1.165, 1.54) is 30.3 Å². The second-order valence-electron chi connectivity index (χ2n) is 8.46. The van der Waals surface area contributed by atoms with Gasteiger partial charge in [0, 0.05) is 10.7 Å². The average Bonchev–Trinajstić information content (AvgIpc) is 3.14. The van der Waals surface area contributed by atoms with E-state index in [2.05, 4.69) is 5.32 Å². The second kappa shape index (κ2) is 12.5. The van der Waals surface area contributed by atoms with Gasteiger partial charge in [0.15, 0.2) is 18.1 Å². The zero-order chi connectivity index (χ0) is 28.1. The third-order valence-electron chi connectivity index (χ3n) is 5.56. The predicted molar refractivity (Wildman–Crippen MR) is 151 cm³/mol. The number of amides is 3. The Labute approximate surface area is 238 Å². The molecular formula is C28H23Cl2FN2O5S. The van der Waals surface area contributed by atoms with Crippen molar-refractivity contribution in [3.8, 4) is 11.5 Å². The monoisotopic (exact) mass is 588 g/mol. The smallest absolute Gasteiger partial charge is 0.293 e. The molecule has 0 radical (unpaired) electrons. The maximum Gasteiger partial charge on any atom is 0.293 e. The van der Waals surface area contributed by atoms with Crippen molar-refractivity contribution in [1.29, 1.82) is 0 Å². The highest BCUT2D eigenvalue weighted by Gasteiger charge is 2.35. The first kappa shape index (κ1) is 28.5. The Balaban J connectivity index is 1.48. The molecule has 3 amide bonds. The highest BCUT2D eigenvalue weighted by Crippen LogP contribution is 2.39. The minimum Gasteiger partial charge on any atom is -0.490 e. The Morgan fingerprint density at radius 1 is 1.05 bits per heavy atom.